The van der Waals surface area contributed by atoms with Gasteiger partial charge in [0.1, 0.15) is 0 Å². The number of benzene rings is 2. The van der Waals surface area contributed by atoms with Crippen molar-refractivity contribution < 1.29 is 23.9 Å². The van der Waals surface area contributed by atoms with Crippen LogP contribution in [0.3, 0.4) is 0 Å². The molecule has 1 aromatic heterocycles. The number of aromatic nitrogens is 3. The maximum atomic E-state index is 13.2. The number of piperazine rings is 1. The Bertz CT molecular complexity index is 1270. The summed E-state index contributed by atoms with van der Waals surface area (Å²) >= 11 is 0. The first-order valence-electron chi connectivity index (χ1n) is 11.3. The van der Waals surface area contributed by atoms with Crippen LogP contribution in [0.25, 0.3) is 5.69 Å². The summed E-state index contributed by atoms with van der Waals surface area (Å²) in [6, 6.07) is 9.86. The van der Waals surface area contributed by atoms with Crippen LogP contribution in [0, 0.1) is 17.0 Å². The summed E-state index contributed by atoms with van der Waals surface area (Å²) in [7, 11) is 4.75. The highest BCUT2D eigenvalue weighted by Crippen LogP contribution is 2.40. The van der Waals surface area contributed by atoms with Crippen LogP contribution in [0.5, 0.6) is 17.2 Å². The third kappa shape index (κ3) is 4.80. The molecule has 1 aliphatic rings. The minimum atomic E-state index is -0.473. The number of hydrogen-bond donors (Lipinski definition) is 0. The van der Waals surface area contributed by atoms with E-state index in [1.807, 2.05) is 12.1 Å². The lowest BCUT2D eigenvalue weighted by molar-refractivity contribution is -0.384. The maximum Gasteiger partial charge on any atom is 0.276 e. The van der Waals surface area contributed by atoms with Gasteiger partial charge in [0.25, 0.3) is 11.6 Å². The van der Waals surface area contributed by atoms with Gasteiger partial charge in [-0.3, -0.25) is 19.8 Å². The number of rotatable bonds is 8. The first-order chi connectivity index (χ1) is 17.4. The average molecular weight is 497 g/mol. The molecule has 0 saturated carbocycles. The smallest absolute Gasteiger partial charge is 0.276 e. The predicted molar refractivity (Wildman–Crippen MR) is 130 cm³/mol. The largest absolute Gasteiger partial charge is 0.493 e. The topological polar surface area (TPSA) is 125 Å². The van der Waals surface area contributed by atoms with Crippen LogP contribution < -0.4 is 14.2 Å². The van der Waals surface area contributed by atoms with Crippen molar-refractivity contribution in [2.24, 2.45) is 0 Å². The quantitative estimate of drug-likeness (QED) is 0.341. The van der Waals surface area contributed by atoms with Crippen LogP contribution in [0.4, 0.5) is 5.69 Å². The molecule has 12 heteroatoms. The summed E-state index contributed by atoms with van der Waals surface area (Å²) in [5.41, 5.74) is 2.14. The lowest BCUT2D eigenvalue weighted by Crippen LogP contribution is -2.48. The molecule has 190 valence electrons. The maximum absolute atomic E-state index is 13.2. The van der Waals surface area contributed by atoms with Crippen molar-refractivity contribution in [2.75, 3.05) is 47.5 Å². The number of ether oxygens (including phenoxy) is 3. The van der Waals surface area contributed by atoms with Gasteiger partial charge in [-0.05, 0) is 19.1 Å². The molecule has 36 heavy (non-hydrogen) atoms. The van der Waals surface area contributed by atoms with E-state index in [2.05, 4.69) is 15.2 Å². The van der Waals surface area contributed by atoms with E-state index in [1.54, 1.807) is 45.3 Å². The van der Waals surface area contributed by atoms with Crippen molar-refractivity contribution in [2.45, 2.75) is 13.5 Å². The normalized spacial score (nSPS) is 13.9. The Hall–Kier alpha value is -4.19. The van der Waals surface area contributed by atoms with E-state index in [0.29, 0.717) is 61.4 Å². The number of hydrogen-bond acceptors (Lipinski definition) is 9. The minimum absolute atomic E-state index is 0.0579. The number of carbonyl (C=O) groups excluding carboxylic acids is 1. The van der Waals surface area contributed by atoms with E-state index in [0.717, 1.165) is 5.56 Å². The molecule has 0 N–H and O–H groups in total. The number of nitro groups is 1. The van der Waals surface area contributed by atoms with Gasteiger partial charge < -0.3 is 19.1 Å². The van der Waals surface area contributed by atoms with Gasteiger partial charge in [-0.15, -0.1) is 5.10 Å². The van der Waals surface area contributed by atoms with Crippen LogP contribution in [0.1, 0.15) is 21.7 Å². The SMILES string of the molecule is COc1ccc(CN2CCN(C(=O)c3nnn(-c4cccc([N+](=O)[O-])c4)c3C)CC2)c(OC)c1OC. The summed E-state index contributed by atoms with van der Waals surface area (Å²) in [6.07, 6.45) is 0. The molecule has 0 unspecified atom stereocenters. The fourth-order valence-electron chi connectivity index (χ4n) is 4.30. The van der Waals surface area contributed by atoms with E-state index in [9.17, 15) is 14.9 Å². The lowest BCUT2D eigenvalue weighted by atomic mass is 10.1. The van der Waals surface area contributed by atoms with Gasteiger partial charge in [0.05, 0.1) is 37.6 Å². The summed E-state index contributed by atoms with van der Waals surface area (Å²) in [6.45, 7) is 4.75. The highest BCUT2D eigenvalue weighted by atomic mass is 16.6. The molecule has 2 aromatic carbocycles. The van der Waals surface area contributed by atoms with Crippen molar-refractivity contribution in [3.8, 4) is 22.9 Å². The predicted octanol–water partition coefficient (Wildman–Crippen LogP) is 2.47. The van der Waals surface area contributed by atoms with Gasteiger partial charge in [0.2, 0.25) is 5.75 Å². The van der Waals surface area contributed by atoms with Gasteiger partial charge in [-0.1, -0.05) is 17.3 Å². The van der Waals surface area contributed by atoms with Crippen molar-refractivity contribution >= 4 is 11.6 Å². The van der Waals surface area contributed by atoms with Gasteiger partial charge in [-0.25, -0.2) is 4.68 Å². The molecule has 2 heterocycles. The zero-order valence-corrected chi connectivity index (χ0v) is 20.6. The van der Waals surface area contributed by atoms with Crippen molar-refractivity contribution in [1.82, 2.24) is 24.8 Å². The molecule has 0 atom stereocenters. The molecule has 0 bridgehead atoms. The van der Waals surface area contributed by atoms with Gasteiger partial charge in [0.15, 0.2) is 17.2 Å². The third-order valence-corrected chi connectivity index (χ3v) is 6.22. The monoisotopic (exact) mass is 496 g/mol. The number of carbonyl (C=O) groups is 1. The van der Waals surface area contributed by atoms with Gasteiger partial charge in [-0.2, -0.15) is 0 Å². The molecule has 1 saturated heterocycles. The number of non-ortho nitro benzene ring substituents is 1. The summed E-state index contributed by atoms with van der Waals surface area (Å²) < 4.78 is 17.9. The van der Waals surface area contributed by atoms with E-state index in [1.165, 1.54) is 16.8 Å². The molecule has 1 aliphatic heterocycles. The van der Waals surface area contributed by atoms with Crippen molar-refractivity contribution in [3.05, 3.63) is 63.5 Å². The van der Waals surface area contributed by atoms with Crippen molar-refractivity contribution in [1.29, 1.82) is 0 Å². The lowest BCUT2D eigenvalue weighted by Gasteiger charge is -2.34. The molecule has 1 amide bonds. The van der Waals surface area contributed by atoms with E-state index in [-0.39, 0.29) is 17.3 Å². The Morgan fingerprint density at radius 1 is 1.03 bits per heavy atom. The second kappa shape index (κ2) is 10.6. The van der Waals surface area contributed by atoms with Crippen LogP contribution in [0.2, 0.25) is 0 Å². The van der Waals surface area contributed by atoms with E-state index < -0.39 is 4.92 Å². The summed E-state index contributed by atoms with van der Waals surface area (Å²) in [5, 5.41) is 19.3. The Morgan fingerprint density at radius 3 is 2.39 bits per heavy atom. The third-order valence-electron chi connectivity index (χ3n) is 6.22. The molecular weight excluding hydrogens is 468 g/mol. The number of nitrogens with zero attached hydrogens (tertiary/aromatic N) is 6. The number of amides is 1. The van der Waals surface area contributed by atoms with Crippen molar-refractivity contribution in [3.63, 3.8) is 0 Å². The first kappa shape index (κ1) is 24.9. The van der Waals surface area contributed by atoms with Crippen LogP contribution in [-0.4, -0.2) is 83.1 Å². The molecule has 0 aliphatic carbocycles. The Labute approximate surface area is 208 Å². The fraction of sp³-hybridized carbons (Fsp3) is 0.375. The highest BCUT2D eigenvalue weighted by Gasteiger charge is 2.27. The standard InChI is InChI=1S/C24H28N6O6/c1-16-21(25-26-29(16)18-6-5-7-19(14-18)30(32)33)24(31)28-12-10-27(11-13-28)15-17-8-9-20(34-2)23(36-4)22(17)35-3/h5-9,14H,10-13,15H2,1-4H3. The molecule has 1 fully saturated rings. The second-order valence-corrected chi connectivity index (χ2v) is 8.27. The summed E-state index contributed by atoms with van der Waals surface area (Å²) in [5.74, 6) is 1.56. The molecular formula is C24H28N6O6. The number of nitro benzene ring substituents is 1. The molecule has 4 rings (SSSR count). The minimum Gasteiger partial charge on any atom is -0.493 e. The van der Waals surface area contributed by atoms with Gasteiger partial charge >= 0.3 is 0 Å². The highest BCUT2D eigenvalue weighted by molar-refractivity contribution is 5.93. The molecule has 0 radical (unpaired) electrons. The first-order valence-corrected chi connectivity index (χ1v) is 11.3. The Balaban J connectivity index is 1.43. The molecule has 12 nitrogen and oxygen atoms in total. The zero-order valence-electron chi connectivity index (χ0n) is 20.6. The Morgan fingerprint density at radius 2 is 1.75 bits per heavy atom. The Kier molecular flexibility index (Phi) is 7.34. The average Bonchev–Trinajstić information content (AvgIpc) is 3.29. The van der Waals surface area contributed by atoms with Crippen LogP contribution in [0.15, 0.2) is 36.4 Å². The zero-order chi connectivity index (χ0) is 25.8. The fourth-order valence-corrected chi connectivity index (χ4v) is 4.30. The van der Waals surface area contributed by atoms with Crippen LogP contribution >= 0.6 is 0 Å². The number of methoxy groups -OCH3 is 3. The van der Waals surface area contributed by atoms with E-state index >= 15 is 0 Å². The van der Waals surface area contributed by atoms with E-state index in [4.69, 9.17) is 14.2 Å². The van der Waals surface area contributed by atoms with Crippen LogP contribution in [-0.2, 0) is 6.54 Å². The van der Waals surface area contributed by atoms with Gasteiger partial charge in [0, 0.05) is 50.4 Å². The molecule has 3 aromatic rings. The second-order valence-electron chi connectivity index (χ2n) is 8.27. The summed E-state index contributed by atoms with van der Waals surface area (Å²) in [4.78, 5) is 27.8. The molecule has 0 spiro atoms.